The molecule has 1 N–H and O–H groups in total. The van der Waals surface area contributed by atoms with E-state index in [2.05, 4.69) is 32.9 Å². The van der Waals surface area contributed by atoms with E-state index in [0.29, 0.717) is 6.61 Å². The predicted octanol–water partition coefficient (Wildman–Crippen LogP) is 4.24. The van der Waals surface area contributed by atoms with E-state index in [-0.39, 0.29) is 0 Å². The Balaban J connectivity index is 2.09. The third kappa shape index (κ3) is 3.40. The van der Waals surface area contributed by atoms with Gasteiger partial charge in [0.25, 0.3) is 0 Å². The van der Waals surface area contributed by atoms with Crippen molar-refractivity contribution >= 4 is 0 Å². The molecule has 2 heteroatoms. The fraction of sp³-hybridized carbons (Fsp3) is 0.333. The molecular weight excluding hydrogens is 248 g/mol. The first-order valence-electron chi connectivity index (χ1n) is 6.95. The molecule has 2 aromatic rings. The van der Waals surface area contributed by atoms with Crippen molar-refractivity contribution in [2.45, 2.75) is 40.4 Å². The smallest absolute Gasteiger partial charge is 0.119 e. The second kappa shape index (κ2) is 6.10. The Bertz CT molecular complexity index is 560. The molecule has 106 valence electrons. The van der Waals surface area contributed by atoms with Gasteiger partial charge in [-0.25, -0.2) is 0 Å². The second-order valence-corrected chi connectivity index (χ2v) is 5.41. The zero-order valence-corrected chi connectivity index (χ0v) is 12.6. The van der Waals surface area contributed by atoms with Gasteiger partial charge >= 0.3 is 0 Å². The first kappa shape index (κ1) is 14.6. The van der Waals surface area contributed by atoms with Crippen LogP contribution in [0.25, 0.3) is 0 Å². The largest absolute Gasteiger partial charge is 0.489 e. The fourth-order valence-corrected chi connectivity index (χ4v) is 2.44. The molecule has 0 spiro atoms. The van der Waals surface area contributed by atoms with E-state index in [1.54, 1.807) is 6.92 Å². The number of aliphatic hydroxyl groups is 1. The molecular formula is C18H22O2. The van der Waals surface area contributed by atoms with Crippen molar-refractivity contribution in [1.82, 2.24) is 0 Å². The summed E-state index contributed by atoms with van der Waals surface area (Å²) in [5.41, 5.74) is 5.96. The van der Waals surface area contributed by atoms with Crippen molar-refractivity contribution in [1.29, 1.82) is 0 Å². The number of hydrogen-bond acceptors (Lipinski definition) is 2. The second-order valence-electron chi connectivity index (χ2n) is 5.41. The molecule has 0 fully saturated rings. The van der Waals surface area contributed by atoms with E-state index in [1.165, 1.54) is 22.3 Å². The Labute approximate surface area is 121 Å². The van der Waals surface area contributed by atoms with Gasteiger partial charge < -0.3 is 9.84 Å². The minimum atomic E-state index is -0.439. The molecule has 0 bridgehead atoms. The molecule has 2 nitrogen and oxygen atoms in total. The quantitative estimate of drug-likeness (QED) is 0.900. The van der Waals surface area contributed by atoms with Crippen molar-refractivity contribution < 1.29 is 9.84 Å². The first-order chi connectivity index (χ1) is 9.47. The summed E-state index contributed by atoms with van der Waals surface area (Å²) in [6.07, 6.45) is -0.439. The minimum absolute atomic E-state index is 0.439. The van der Waals surface area contributed by atoms with Gasteiger partial charge in [-0.3, -0.25) is 0 Å². The van der Waals surface area contributed by atoms with Crippen LogP contribution >= 0.6 is 0 Å². The van der Waals surface area contributed by atoms with Crippen LogP contribution in [-0.2, 0) is 6.61 Å². The average molecular weight is 270 g/mol. The molecule has 2 aromatic carbocycles. The van der Waals surface area contributed by atoms with E-state index < -0.39 is 6.10 Å². The lowest BCUT2D eigenvalue weighted by Gasteiger charge is -2.13. The number of benzene rings is 2. The number of rotatable bonds is 4. The average Bonchev–Trinajstić information content (AvgIpc) is 2.38. The van der Waals surface area contributed by atoms with E-state index >= 15 is 0 Å². The third-order valence-corrected chi connectivity index (χ3v) is 3.59. The molecule has 1 unspecified atom stereocenters. The lowest BCUT2D eigenvalue weighted by molar-refractivity contribution is 0.199. The van der Waals surface area contributed by atoms with Crippen LogP contribution in [0.5, 0.6) is 5.75 Å². The summed E-state index contributed by atoms with van der Waals surface area (Å²) in [5.74, 6) is 0.828. The highest BCUT2D eigenvalue weighted by Gasteiger charge is 2.05. The summed E-state index contributed by atoms with van der Waals surface area (Å²) in [5, 5.41) is 9.48. The highest BCUT2D eigenvalue weighted by Crippen LogP contribution is 2.21. The Morgan fingerprint density at radius 1 is 1.00 bits per heavy atom. The van der Waals surface area contributed by atoms with Crippen LogP contribution in [0.4, 0.5) is 0 Å². The summed E-state index contributed by atoms with van der Waals surface area (Å²) in [6.45, 7) is 8.69. The third-order valence-electron chi connectivity index (χ3n) is 3.59. The molecule has 1 atom stereocenters. The Morgan fingerprint density at radius 2 is 1.55 bits per heavy atom. The molecule has 0 aromatic heterocycles. The molecule has 2 rings (SSSR count). The number of aryl methyl sites for hydroxylation is 3. The number of aliphatic hydroxyl groups excluding tert-OH is 1. The molecule has 0 saturated heterocycles. The van der Waals surface area contributed by atoms with E-state index in [4.69, 9.17) is 4.74 Å². The molecule has 0 saturated carbocycles. The van der Waals surface area contributed by atoms with Crippen molar-refractivity contribution in [2.75, 3.05) is 0 Å². The van der Waals surface area contributed by atoms with Gasteiger partial charge in [0.05, 0.1) is 6.10 Å². The topological polar surface area (TPSA) is 29.5 Å². The molecule has 0 aliphatic heterocycles. The maximum Gasteiger partial charge on any atom is 0.119 e. The summed E-state index contributed by atoms with van der Waals surface area (Å²) in [7, 11) is 0. The van der Waals surface area contributed by atoms with Crippen LogP contribution in [0.15, 0.2) is 36.4 Å². The molecule has 0 radical (unpaired) electrons. The fourth-order valence-electron chi connectivity index (χ4n) is 2.44. The van der Waals surface area contributed by atoms with E-state index in [1.807, 2.05) is 24.3 Å². The van der Waals surface area contributed by atoms with Crippen LogP contribution in [0, 0.1) is 20.8 Å². The molecule has 0 amide bonds. The molecule has 0 heterocycles. The highest BCUT2D eigenvalue weighted by atomic mass is 16.5. The monoisotopic (exact) mass is 270 g/mol. The molecule has 20 heavy (non-hydrogen) atoms. The van der Waals surface area contributed by atoms with Crippen LogP contribution < -0.4 is 4.74 Å². The standard InChI is InChI=1S/C18H22O2/c1-12-9-13(2)18(14(3)10-12)11-20-17-7-5-16(6-8-17)15(4)19/h5-10,15,19H,11H2,1-4H3. The van der Waals surface area contributed by atoms with Gasteiger partial charge in [-0.2, -0.15) is 0 Å². The van der Waals surface area contributed by atoms with Gasteiger partial charge in [0, 0.05) is 0 Å². The number of ether oxygens (including phenoxy) is 1. The van der Waals surface area contributed by atoms with Gasteiger partial charge in [0.15, 0.2) is 0 Å². The van der Waals surface area contributed by atoms with Crippen LogP contribution in [0.1, 0.15) is 40.8 Å². The minimum Gasteiger partial charge on any atom is -0.489 e. The molecule has 0 aliphatic carbocycles. The maximum atomic E-state index is 9.48. The zero-order valence-electron chi connectivity index (χ0n) is 12.6. The summed E-state index contributed by atoms with van der Waals surface area (Å²) < 4.78 is 5.85. The lowest BCUT2D eigenvalue weighted by Crippen LogP contribution is -2.01. The van der Waals surface area contributed by atoms with E-state index in [0.717, 1.165) is 11.3 Å². The summed E-state index contributed by atoms with van der Waals surface area (Å²) >= 11 is 0. The highest BCUT2D eigenvalue weighted by molar-refractivity contribution is 5.37. The first-order valence-corrected chi connectivity index (χ1v) is 6.95. The van der Waals surface area contributed by atoms with Gasteiger partial charge in [-0.1, -0.05) is 29.8 Å². The van der Waals surface area contributed by atoms with Gasteiger partial charge in [0.1, 0.15) is 12.4 Å². The maximum absolute atomic E-state index is 9.48. The van der Waals surface area contributed by atoms with E-state index in [9.17, 15) is 5.11 Å². The Morgan fingerprint density at radius 3 is 2.05 bits per heavy atom. The summed E-state index contributed by atoms with van der Waals surface area (Å²) in [4.78, 5) is 0. The SMILES string of the molecule is Cc1cc(C)c(COc2ccc(C(C)O)cc2)c(C)c1. The molecule has 0 aliphatic rings. The predicted molar refractivity (Wildman–Crippen MR) is 82.1 cm³/mol. The van der Waals surface area contributed by atoms with Crippen molar-refractivity contribution in [3.05, 3.63) is 64.2 Å². The lowest BCUT2D eigenvalue weighted by atomic mass is 10.0. The van der Waals surface area contributed by atoms with Crippen LogP contribution in [-0.4, -0.2) is 5.11 Å². The van der Waals surface area contributed by atoms with Gasteiger partial charge in [-0.05, 0) is 62.1 Å². The zero-order chi connectivity index (χ0) is 14.7. The Hall–Kier alpha value is -1.80. The van der Waals surface area contributed by atoms with Crippen molar-refractivity contribution in [3.63, 3.8) is 0 Å². The Kier molecular flexibility index (Phi) is 4.46. The van der Waals surface area contributed by atoms with Gasteiger partial charge in [0.2, 0.25) is 0 Å². The van der Waals surface area contributed by atoms with Gasteiger partial charge in [-0.15, -0.1) is 0 Å². The number of hydrogen-bond donors (Lipinski definition) is 1. The van der Waals surface area contributed by atoms with Crippen molar-refractivity contribution in [3.8, 4) is 5.75 Å². The van der Waals surface area contributed by atoms with Crippen LogP contribution in [0.3, 0.4) is 0 Å². The normalized spacial score (nSPS) is 12.2. The summed E-state index contributed by atoms with van der Waals surface area (Å²) in [6, 6.07) is 12.0. The van der Waals surface area contributed by atoms with Crippen molar-refractivity contribution in [2.24, 2.45) is 0 Å². The van der Waals surface area contributed by atoms with Crippen LogP contribution in [0.2, 0.25) is 0 Å².